The van der Waals surface area contributed by atoms with Crippen LogP contribution in [0.4, 0.5) is 0 Å². The summed E-state index contributed by atoms with van der Waals surface area (Å²) in [5, 5.41) is 7.37. The van der Waals surface area contributed by atoms with E-state index in [-0.39, 0.29) is 6.10 Å². The summed E-state index contributed by atoms with van der Waals surface area (Å²) < 4.78 is 10.5. The Hall–Kier alpha value is -0.940. The van der Waals surface area contributed by atoms with Crippen molar-refractivity contribution in [2.75, 3.05) is 13.7 Å². The van der Waals surface area contributed by atoms with E-state index in [0.29, 0.717) is 17.8 Å². The molecule has 1 aliphatic rings. The predicted octanol–water partition coefficient (Wildman–Crippen LogP) is 1.46. The second-order valence-corrected chi connectivity index (χ2v) is 4.18. The summed E-state index contributed by atoms with van der Waals surface area (Å²) >= 11 is 0. The maximum atomic E-state index is 5.27. The molecule has 2 rings (SSSR count). The monoisotopic (exact) mass is 225 g/mol. The SMILES string of the molecule is CCC(OC)c1noc(CC2CCCN2)n1. The van der Waals surface area contributed by atoms with Crippen LogP contribution in [0, 0.1) is 0 Å². The summed E-state index contributed by atoms with van der Waals surface area (Å²) in [6, 6.07) is 0.496. The fourth-order valence-electron chi connectivity index (χ4n) is 2.08. The molecule has 0 radical (unpaired) electrons. The first kappa shape index (κ1) is 11.5. The predicted molar refractivity (Wildman–Crippen MR) is 59.1 cm³/mol. The number of ether oxygens (including phenoxy) is 1. The van der Waals surface area contributed by atoms with Gasteiger partial charge in [0.2, 0.25) is 11.7 Å². The van der Waals surface area contributed by atoms with E-state index in [4.69, 9.17) is 9.26 Å². The minimum atomic E-state index is -0.0472. The third kappa shape index (κ3) is 2.59. The van der Waals surface area contributed by atoms with E-state index >= 15 is 0 Å². The number of rotatable bonds is 5. The van der Waals surface area contributed by atoms with Crippen molar-refractivity contribution < 1.29 is 9.26 Å². The molecule has 0 aromatic carbocycles. The molecule has 0 saturated carbocycles. The van der Waals surface area contributed by atoms with Gasteiger partial charge in [0.05, 0.1) is 0 Å². The van der Waals surface area contributed by atoms with Crippen LogP contribution in [0.5, 0.6) is 0 Å². The van der Waals surface area contributed by atoms with Crippen molar-refractivity contribution in [2.45, 2.75) is 44.8 Å². The minimum absolute atomic E-state index is 0.0472. The third-order valence-electron chi connectivity index (χ3n) is 3.01. The standard InChI is InChI=1S/C11H19N3O2/c1-3-9(15-2)11-13-10(16-14-11)7-8-5-4-6-12-8/h8-9,12H,3-7H2,1-2H3. The van der Waals surface area contributed by atoms with E-state index < -0.39 is 0 Å². The summed E-state index contributed by atoms with van der Waals surface area (Å²) in [5.41, 5.74) is 0. The Morgan fingerprint density at radius 2 is 2.50 bits per heavy atom. The molecule has 1 aromatic rings. The van der Waals surface area contributed by atoms with Crippen molar-refractivity contribution in [3.63, 3.8) is 0 Å². The molecular formula is C11H19N3O2. The summed E-state index contributed by atoms with van der Waals surface area (Å²) in [5.74, 6) is 1.38. The van der Waals surface area contributed by atoms with Gasteiger partial charge in [-0.25, -0.2) is 0 Å². The van der Waals surface area contributed by atoms with Crippen LogP contribution >= 0.6 is 0 Å². The molecule has 2 heterocycles. The zero-order valence-electron chi connectivity index (χ0n) is 9.90. The molecule has 90 valence electrons. The normalized spacial score (nSPS) is 22.5. The van der Waals surface area contributed by atoms with E-state index in [1.54, 1.807) is 7.11 Å². The average molecular weight is 225 g/mol. The number of aromatic nitrogens is 2. The molecular weight excluding hydrogens is 206 g/mol. The molecule has 0 amide bonds. The number of nitrogens with one attached hydrogen (secondary N) is 1. The second-order valence-electron chi connectivity index (χ2n) is 4.18. The maximum Gasteiger partial charge on any atom is 0.228 e. The Labute approximate surface area is 95.6 Å². The van der Waals surface area contributed by atoms with Gasteiger partial charge in [0.15, 0.2) is 0 Å². The van der Waals surface area contributed by atoms with E-state index in [2.05, 4.69) is 15.5 Å². The Bertz CT molecular complexity index is 317. The van der Waals surface area contributed by atoms with Gasteiger partial charge < -0.3 is 14.6 Å². The molecule has 0 spiro atoms. The second kappa shape index (κ2) is 5.41. The fraction of sp³-hybridized carbons (Fsp3) is 0.818. The van der Waals surface area contributed by atoms with Crippen molar-refractivity contribution in [3.05, 3.63) is 11.7 Å². The molecule has 5 heteroatoms. The first-order chi connectivity index (χ1) is 7.83. The highest BCUT2D eigenvalue weighted by atomic mass is 16.5. The lowest BCUT2D eigenvalue weighted by molar-refractivity contribution is 0.0903. The Kier molecular flexibility index (Phi) is 3.90. The molecule has 2 atom stereocenters. The highest BCUT2D eigenvalue weighted by molar-refractivity contribution is 4.94. The molecule has 1 aliphatic heterocycles. The topological polar surface area (TPSA) is 60.2 Å². The highest BCUT2D eigenvalue weighted by Gasteiger charge is 2.20. The minimum Gasteiger partial charge on any atom is -0.373 e. The summed E-state index contributed by atoms with van der Waals surface area (Å²) in [6.45, 7) is 3.14. The molecule has 1 N–H and O–H groups in total. The average Bonchev–Trinajstić information content (AvgIpc) is 2.93. The first-order valence-electron chi connectivity index (χ1n) is 5.92. The van der Waals surface area contributed by atoms with E-state index in [1.807, 2.05) is 6.92 Å². The largest absolute Gasteiger partial charge is 0.373 e. The molecule has 0 bridgehead atoms. The molecule has 16 heavy (non-hydrogen) atoms. The van der Waals surface area contributed by atoms with Gasteiger partial charge in [-0.1, -0.05) is 12.1 Å². The summed E-state index contributed by atoms with van der Waals surface area (Å²) in [4.78, 5) is 4.37. The van der Waals surface area contributed by atoms with Gasteiger partial charge in [-0.05, 0) is 25.8 Å². The van der Waals surface area contributed by atoms with Gasteiger partial charge in [0.1, 0.15) is 6.10 Å². The first-order valence-corrected chi connectivity index (χ1v) is 5.92. The fourth-order valence-corrected chi connectivity index (χ4v) is 2.08. The number of hydrogen-bond donors (Lipinski definition) is 1. The van der Waals surface area contributed by atoms with E-state index in [1.165, 1.54) is 12.8 Å². The Balaban J connectivity index is 1.95. The zero-order chi connectivity index (χ0) is 11.4. The number of hydrogen-bond acceptors (Lipinski definition) is 5. The van der Waals surface area contributed by atoms with E-state index in [9.17, 15) is 0 Å². The van der Waals surface area contributed by atoms with Gasteiger partial charge >= 0.3 is 0 Å². The number of methoxy groups -OCH3 is 1. The lowest BCUT2D eigenvalue weighted by atomic mass is 10.1. The van der Waals surface area contributed by atoms with Crippen LogP contribution in [0.25, 0.3) is 0 Å². The third-order valence-corrected chi connectivity index (χ3v) is 3.01. The van der Waals surface area contributed by atoms with Gasteiger partial charge in [-0.3, -0.25) is 0 Å². The van der Waals surface area contributed by atoms with Crippen molar-refractivity contribution in [1.29, 1.82) is 0 Å². The highest BCUT2D eigenvalue weighted by Crippen LogP contribution is 2.18. The van der Waals surface area contributed by atoms with Gasteiger partial charge in [0.25, 0.3) is 0 Å². The van der Waals surface area contributed by atoms with Gasteiger partial charge in [-0.15, -0.1) is 0 Å². The molecule has 1 fully saturated rings. The molecule has 0 aliphatic carbocycles. The molecule has 1 saturated heterocycles. The summed E-state index contributed by atoms with van der Waals surface area (Å²) in [7, 11) is 1.67. The van der Waals surface area contributed by atoms with Crippen LogP contribution < -0.4 is 5.32 Å². The van der Waals surface area contributed by atoms with Crippen molar-refractivity contribution >= 4 is 0 Å². The Morgan fingerprint density at radius 1 is 1.62 bits per heavy atom. The van der Waals surface area contributed by atoms with Crippen molar-refractivity contribution in [2.24, 2.45) is 0 Å². The van der Waals surface area contributed by atoms with Crippen LogP contribution in [-0.4, -0.2) is 29.8 Å². The van der Waals surface area contributed by atoms with Gasteiger partial charge in [0, 0.05) is 19.6 Å². The van der Waals surface area contributed by atoms with Crippen molar-refractivity contribution in [3.8, 4) is 0 Å². The zero-order valence-corrected chi connectivity index (χ0v) is 9.90. The Morgan fingerprint density at radius 3 is 3.12 bits per heavy atom. The molecule has 1 aromatic heterocycles. The van der Waals surface area contributed by atoms with Crippen LogP contribution in [0.15, 0.2) is 4.52 Å². The smallest absolute Gasteiger partial charge is 0.228 e. The van der Waals surface area contributed by atoms with Crippen LogP contribution in [-0.2, 0) is 11.2 Å². The lowest BCUT2D eigenvalue weighted by Gasteiger charge is -2.06. The van der Waals surface area contributed by atoms with Crippen LogP contribution in [0.2, 0.25) is 0 Å². The van der Waals surface area contributed by atoms with Crippen LogP contribution in [0.1, 0.15) is 44.0 Å². The maximum absolute atomic E-state index is 5.27. The van der Waals surface area contributed by atoms with Gasteiger partial charge in [-0.2, -0.15) is 4.98 Å². The lowest BCUT2D eigenvalue weighted by Crippen LogP contribution is -2.23. The van der Waals surface area contributed by atoms with Crippen molar-refractivity contribution in [1.82, 2.24) is 15.5 Å². The quantitative estimate of drug-likeness (QED) is 0.822. The molecule has 2 unspecified atom stereocenters. The van der Waals surface area contributed by atoms with E-state index in [0.717, 1.165) is 19.4 Å². The number of nitrogens with zero attached hydrogens (tertiary/aromatic N) is 2. The summed E-state index contributed by atoms with van der Waals surface area (Å²) in [6.07, 6.45) is 4.07. The molecule has 5 nitrogen and oxygen atoms in total. The van der Waals surface area contributed by atoms with Crippen LogP contribution in [0.3, 0.4) is 0 Å².